The van der Waals surface area contributed by atoms with Crippen LogP contribution in [-0.4, -0.2) is 25.7 Å². The van der Waals surface area contributed by atoms with Crippen LogP contribution in [0.3, 0.4) is 0 Å². The summed E-state index contributed by atoms with van der Waals surface area (Å²) in [5.41, 5.74) is 0.681. The molecule has 0 atom stereocenters. The SMILES string of the molecule is O=C(Nc1nncn1-c1ccccc1)c1ccncc1F. The van der Waals surface area contributed by atoms with Gasteiger partial charge < -0.3 is 0 Å². The molecule has 104 valence electrons. The van der Waals surface area contributed by atoms with Gasteiger partial charge in [0.25, 0.3) is 5.91 Å². The number of carbonyl (C=O) groups is 1. The number of para-hydroxylation sites is 1. The van der Waals surface area contributed by atoms with Crippen LogP contribution in [0.25, 0.3) is 5.69 Å². The minimum atomic E-state index is -0.694. The molecule has 0 bridgehead atoms. The molecule has 0 aliphatic heterocycles. The zero-order valence-corrected chi connectivity index (χ0v) is 10.8. The Labute approximate surface area is 119 Å². The summed E-state index contributed by atoms with van der Waals surface area (Å²) in [7, 11) is 0. The summed E-state index contributed by atoms with van der Waals surface area (Å²) in [5.74, 6) is -1.09. The third kappa shape index (κ3) is 2.62. The molecule has 0 aliphatic carbocycles. The minimum Gasteiger partial charge on any atom is -0.290 e. The molecule has 3 rings (SSSR count). The van der Waals surface area contributed by atoms with Crippen molar-refractivity contribution in [1.82, 2.24) is 19.7 Å². The standard InChI is InChI=1S/C14H10FN5O/c15-12-8-16-7-6-11(12)13(21)18-14-19-17-9-20(14)10-4-2-1-3-5-10/h1-9H,(H,18,19,21). The number of nitrogens with one attached hydrogen (secondary N) is 1. The molecule has 0 aliphatic rings. The molecular formula is C14H10FN5O. The van der Waals surface area contributed by atoms with Crippen LogP contribution >= 0.6 is 0 Å². The maximum Gasteiger partial charge on any atom is 0.261 e. The molecule has 0 fully saturated rings. The zero-order chi connectivity index (χ0) is 14.7. The number of carbonyl (C=O) groups excluding carboxylic acids is 1. The summed E-state index contributed by atoms with van der Waals surface area (Å²) in [6.45, 7) is 0. The highest BCUT2D eigenvalue weighted by molar-refractivity contribution is 6.03. The van der Waals surface area contributed by atoms with Crippen LogP contribution in [0.5, 0.6) is 0 Å². The highest BCUT2D eigenvalue weighted by Gasteiger charge is 2.15. The molecule has 0 unspecified atom stereocenters. The van der Waals surface area contributed by atoms with Gasteiger partial charge in [0.2, 0.25) is 5.95 Å². The molecule has 1 aromatic carbocycles. The summed E-state index contributed by atoms with van der Waals surface area (Å²) in [5, 5.41) is 10.1. The van der Waals surface area contributed by atoms with Gasteiger partial charge in [-0.2, -0.15) is 0 Å². The van der Waals surface area contributed by atoms with Crippen LogP contribution in [-0.2, 0) is 0 Å². The predicted octanol–water partition coefficient (Wildman–Crippen LogP) is 2.05. The van der Waals surface area contributed by atoms with Crippen molar-refractivity contribution in [3.05, 3.63) is 66.5 Å². The topological polar surface area (TPSA) is 72.7 Å². The number of hydrogen-bond acceptors (Lipinski definition) is 4. The molecule has 2 aromatic heterocycles. The van der Waals surface area contributed by atoms with E-state index in [1.807, 2.05) is 30.3 Å². The van der Waals surface area contributed by atoms with E-state index in [0.717, 1.165) is 11.9 Å². The zero-order valence-electron chi connectivity index (χ0n) is 10.8. The van der Waals surface area contributed by atoms with Gasteiger partial charge in [0.15, 0.2) is 5.82 Å². The number of halogens is 1. The molecule has 21 heavy (non-hydrogen) atoms. The fourth-order valence-electron chi connectivity index (χ4n) is 1.83. The quantitative estimate of drug-likeness (QED) is 0.798. The fourth-order valence-corrected chi connectivity index (χ4v) is 1.83. The lowest BCUT2D eigenvalue weighted by atomic mass is 10.2. The minimum absolute atomic E-state index is 0.104. The number of anilines is 1. The molecule has 0 saturated carbocycles. The second-order valence-corrected chi connectivity index (χ2v) is 4.17. The fraction of sp³-hybridized carbons (Fsp3) is 0. The highest BCUT2D eigenvalue weighted by Crippen LogP contribution is 2.14. The van der Waals surface area contributed by atoms with Gasteiger partial charge in [-0.15, -0.1) is 10.2 Å². The Balaban J connectivity index is 1.89. The first-order valence-corrected chi connectivity index (χ1v) is 6.12. The van der Waals surface area contributed by atoms with Crippen LogP contribution in [0.15, 0.2) is 55.1 Å². The lowest BCUT2D eigenvalue weighted by molar-refractivity contribution is 0.102. The van der Waals surface area contributed by atoms with Crippen LogP contribution in [0.4, 0.5) is 10.3 Å². The second kappa shape index (κ2) is 5.49. The number of hydrogen-bond donors (Lipinski definition) is 1. The van der Waals surface area contributed by atoms with E-state index in [9.17, 15) is 9.18 Å². The Morgan fingerprint density at radius 1 is 1.19 bits per heavy atom. The van der Waals surface area contributed by atoms with E-state index >= 15 is 0 Å². The largest absolute Gasteiger partial charge is 0.290 e. The van der Waals surface area contributed by atoms with E-state index in [2.05, 4.69) is 20.5 Å². The van der Waals surface area contributed by atoms with Crippen LogP contribution in [0, 0.1) is 5.82 Å². The van der Waals surface area contributed by atoms with E-state index < -0.39 is 11.7 Å². The molecule has 1 amide bonds. The molecule has 3 aromatic rings. The molecule has 7 heteroatoms. The summed E-state index contributed by atoms with van der Waals surface area (Å²) >= 11 is 0. The number of nitrogens with zero attached hydrogens (tertiary/aromatic N) is 4. The molecule has 6 nitrogen and oxygen atoms in total. The Bertz CT molecular complexity index is 772. The number of pyridine rings is 1. The first kappa shape index (κ1) is 12.9. The van der Waals surface area contributed by atoms with Gasteiger partial charge in [-0.1, -0.05) is 18.2 Å². The van der Waals surface area contributed by atoms with Crippen LogP contribution in [0.2, 0.25) is 0 Å². The molecule has 1 N–H and O–H groups in total. The molecular weight excluding hydrogens is 273 g/mol. The summed E-state index contributed by atoms with van der Waals surface area (Å²) < 4.78 is 15.1. The molecule has 0 saturated heterocycles. The first-order valence-electron chi connectivity index (χ1n) is 6.12. The van der Waals surface area contributed by atoms with E-state index in [4.69, 9.17) is 0 Å². The Hall–Kier alpha value is -3.09. The van der Waals surface area contributed by atoms with Crippen molar-refractivity contribution in [3.8, 4) is 5.69 Å². The second-order valence-electron chi connectivity index (χ2n) is 4.17. The average Bonchev–Trinajstić information content (AvgIpc) is 2.96. The van der Waals surface area contributed by atoms with Crippen molar-refractivity contribution in [2.24, 2.45) is 0 Å². The van der Waals surface area contributed by atoms with Gasteiger partial charge in [0, 0.05) is 6.20 Å². The van der Waals surface area contributed by atoms with E-state index in [0.29, 0.717) is 0 Å². The average molecular weight is 283 g/mol. The number of rotatable bonds is 3. The van der Waals surface area contributed by atoms with Crippen LogP contribution < -0.4 is 5.32 Å². The third-order valence-electron chi connectivity index (χ3n) is 2.82. The lowest BCUT2D eigenvalue weighted by Crippen LogP contribution is -2.17. The van der Waals surface area contributed by atoms with E-state index in [-0.39, 0.29) is 11.5 Å². The van der Waals surface area contributed by atoms with Crippen molar-refractivity contribution in [2.75, 3.05) is 5.32 Å². The summed E-state index contributed by atoms with van der Waals surface area (Å²) in [4.78, 5) is 15.7. The van der Waals surface area contributed by atoms with Crippen molar-refractivity contribution >= 4 is 11.9 Å². The number of amides is 1. The van der Waals surface area contributed by atoms with Gasteiger partial charge in [-0.3, -0.25) is 19.7 Å². The Morgan fingerprint density at radius 3 is 2.76 bits per heavy atom. The number of benzene rings is 1. The summed E-state index contributed by atoms with van der Waals surface area (Å²) in [6.07, 6.45) is 3.80. The molecule has 0 radical (unpaired) electrons. The van der Waals surface area contributed by atoms with Gasteiger partial charge >= 0.3 is 0 Å². The van der Waals surface area contributed by atoms with Crippen LogP contribution in [0.1, 0.15) is 10.4 Å². The smallest absolute Gasteiger partial charge is 0.261 e. The molecule has 0 spiro atoms. The predicted molar refractivity (Wildman–Crippen MR) is 73.5 cm³/mol. The lowest BCUT2D eigenvalue weighted by Gasteiger charge is -2.07. The maximum absolute atomic E-state index is 13.5. The Kier molecular flexibility index (Phi) is 3.38. The molecule has 2 heterocycles. The van der Waals surface area contributed by atoms with Gasteiger partial charge in [-0.05, 0) is 18.2 Å². The normalized spacial score (nSPS) is 10.3. The maximum atomic E-state index is 13.5. The van der Waals surface area contributed by atoms with Crippen molar-refractivity contribution < 1.29 is 9.18 Å². The monoisotopic (exact) mass is 283 g/mol. The van der Waals surface area contributed by atoms with Crippen molar-refractivity contribution in [2.45, 2.75) is 0 Å². The Morgan fingerprint density at radius 2 is 2.00 bits per heavy atom. The van der Waals surface area contributed by atoms with E-state index in [1.165, 1.54) is 18.6 Å². The van der Waals surface area contributed by atoms with Gasteiger partial charge in [-0.25, -0.2) is 4.39 Å². The third-order valence-corrected chi connectivity index (χ3v) is 2.82. The van der Waals surface area contributed by atoms with Crippen molar-refractivity contribution in [1.29, 1.82) is 0 Å². The number of aromatic nitrogens is 4. The highest BCUT2D eigenvalue weighted by atomic mass is 19.1. The van der Waals surface area contributed by atoms with Crippen molar-refractivity contribution in [3.63, 3.8) is 0 Å². The first-order chi connectivity index (χ1) is 10.3. The van der Waals surface area contributed by atoms with Gasteiger partial charge in [0.1, 0.15) is 6.33 Å². The van der Waals surface area contributed by atoms with Gasteiger partial charge in [0.05, 0.1) is 17.4 Å². The summed E-state index contributed by atoms with van der Waals surface area (Å²) in [6, 6.07) is 10.6. The van der Waals surface area contributed by atoms with E-state index in [1.54, 1.807) is 4.57 Å².